The first-order chi connectivity index (χ1) is 19.2. The lowest BCUT2D eigenvalue weighted by molar-refractivity contribution is 0.102. The summed E-state index contributed by atoms with van der Waals surface area (Å²) in [6, 6.07) is 22.8. The summed E-state index contributed by atoms with van der Waals surface area (Å²) in [5, 5.41) is 11.5. The largest absolute Gasteiger partial charge is 0.321 e. The second kappa shape index (κ2) is 9.31. The summed E-state index contributed by atoms with van der Waals surface area (Å²) >= 11 is 0. The van der Waals surface area contributed by atoms with Gasteiger partial charge in [-0.1, -0.05) is 30.3 Å². The predicted molar refractivity (Wildman–Crippen MR) is 150 cm³/mol. The molecule has 0 saturated heterocycles. The molecule has 0 radical (unpaired) electrons. The highest BCUT2D eigenvalue weighted by Gasteiger charge is 2.17. The van der Waals surface area contributed by atoms with Crippen LogP contribution in [-0.4, -0.2) is 41.0 Å². The number of nitrogens with one attached hydrogen (secondary N) is 3. The van der Waals surface area contributed by atoms with Gasteiger partial charge in [-0.25, -0.2) is 9.97 Å². The van der Waals surface area contributed by atoms with Crippen molar-refractivity contribution in [3.8, 4) is 33.8 Å². The quantitative estimate of drug-likeness (QED) is 0.267. The van der Waals surface area contributed by atoms with Crippen LogP contribution in [0.25, 0.3) is 55.8 Å². The number of fused-ring (bicyclic) bond motifs is 2. The lowest BCUT2D eigenvalue weighted by Gasteiger charge is -2.08. The van der Waals surface area contributed by atoms with Crippen molar-refractivity contribution in [1.82, 2.24) is 35.1 Å². The SMILES string of the molecule is O=C(Nc1cncc(-c2ccc3[nH]nc(-c4nc5c(-c6cccnc6)ccnc5[nH]4)c3c2)c1)c1ccccc1. The van der Waals surface area contributed by atoms with E-state index in [9.17, 15) is 4.79 Å². The summed E-state index contributed by atoms with van der Waals surface area (Å²) in [6.45, 7) is 0. The highest BCUT2D eigenvalue weighted by molar-refractivity contribution is 6.04. The number of carbonyl (C=O) groups excluding carboxylic acids is 1. The van der Waals surface area contributed by atoms with E-state index in [1.54, 1.807) is 36.9 Å². The number of pyridine rings is 3. The molecule has 39 heavy (non-hydrogen) atoms. The van der Waals surface area contributed by atoms with Crippen LogP contribution in [0.3, 0.4) is 0 Å². The Morgan fingerprint density at radius 1 is 0.795 bits per heavy atom. The molecule has 186 valence electrons. The monoisotopic (exact) mass is 508 g/mol. The number of hydrogen-bond donors (Lipinski definition) is 3. The third-order valence-electron chi connectivity index (χ3n) is 6.51. The first-order valence-corrected chi connectivity index (χ1v) is 12.3. The van der Waals surface area contributed by atoms with Crippen molar-refractivity contribution in [1.29, 1.82) is 0 Å². The van der Waals surface area contributed by atoms with Gasteiger partial charge in [-0.3, -0.25) is 19.9 Å². The summed E-state index contributed by atoms with van der Waals surface area (Å²) in [7, 11) is 0. The fourth-order valence-electron chi connectivity index (χ4n) is 4.61. The smallest absolute Gasteiger partial charge is 0.255 e. The first kappa shape index (κ1) is 22.5. The van der Waals surface area contributed by atoms with Gasteiger partial charge in [0.25, 0.3) is 5.91 Å². The van der Waals surface area contributed by atoms with Crippen LogP contribution in [0, 0.1) is 0 Å². The fraction of sp³-hybridized carbons (Fsp3) is 0. The van der Waals surface area contributed by atoms with E-state index in [0.717, 1.165) is 38.7 Å². The Bertz CT molecular complexity index is 1960. The summed E-state index contributed by atoms with van der Waals surface area (Å²) in [6.07, 6.45) is 8.71. The molecule has 0 unspecified atom stereocenters. The van der Waals surface area contributed by atoms with E-state index in [0.29, 0.717) is 28.4 Å². The van der Waals surface area contributed by atoms with Crippen molar-refractivity contribution >= 4 is 33.7 Å². The van der Waals surface area contributed by atoms with Crippen LogP contribution in [0.5, 0.6) is 0 Å². The lowest BCUT2D eigenvalue weighted by Crippen LogP contribution is -2.11. The molecule has 2 aromatic carbocycles. The van der Waals surface area contributed by atoms with Gasteiger partial charge in [0.05, 0.1) is 17.4 Å². The van der Waals surface area contributed by atoms with E-state index in [-0.39, 0.29) is 5.91 Å². The molecule has 7 aromatic rings. The van der Waals surface area contributed by atoms with Crippen molar-refractivity contribution in [2.75, 3.05) is 5.32 Å². The number of anilines is 1. The highest BCUT2D eigenvalue weighted by atomic mass is 16.1. The molecule has 9 heteroatoms. The zero-order valence-electron chi connectivity index (χ0n) is 20.5. The average Bonchev–Trinajstić information content (AvgIpc) is 3.62. The van der Waals surface area contributed by atoms with Gasteiger partial charge in [-0.05, 0) is 48.0 Å². The Morgan fingerprint density at radius 2 is 1.69 bits per heavy atom. The van der Waals surface area contributed by atoms with E-state index >= 15 is 0 Å². The molecule has 0 saturated carbocycles. The molecule has 0 spiro atoms. The number of hydrogen-bond acceptors (Lipinski definition) is 6. The van der Waals surface area contributed by atoms with E-state index in [1.165, 1.54) is 0 Å². The fourth-order valence-corrected chi connectivity index (χ4v) is 4.61. The van der Waals surface area contributed by atoms with Gasteiger partial charge in [-0.2, -0.15) is 5.10 Å². The lowest BCUT2D eigenvalue weighted by atomic mass is 10.0. The number of aromatic nitrogens is 7. The zero-order valence-corrected chi connectivity index (χ0v) is 20.5. The van der Waals surface area contributed by atoms with Crippen molar-refractivity contribution < 1.29 is 4.79 Å². The summed E-state index contributed by atoms with van der Waals surface area (Å²) in [5.74, 6) is 0.422. The normalized spacial score (nSPS) is 11.2. The second-order valence-corrected chi connectivity index (χ2v) is 9.00. The van der Waals surface area contributed by atoms with Gasteiger partial charge < -0.3 is 10.3 Å². The van der Waals surface area contributed by atoms with Gasteiger partial charge in [0, 0.05) is 52.4 Å². The number of rotatable bonds is 5. The Kier molecular flexibility index (Phi) is 5.37. The van der Waals surface area contributed by atoms with Crippen LogP contribution in [0.1, 0.15) is 10.4 Å². The highest BCUT2D eigenvalue weighted by Crippen LogP contribution is 2.32. The van der Waals surface area contributed by atoms with Crippen LogP contribution in [0.2, 0.25) is 0 Å². The molecular formula is C30H20N8O. The van der Waals surface area contributed by atoms with E-state index in [2.05, 4.69) is 35.5 Å². The number of carbonyl (C=O) groups is 1. The summed E-state index contributed by atoms with van der Waals surface area (Å²) in [5.41, 5.74) is 7.86. The van der Waals surface area contributed by atoms with Gasteiger partial charge in [-0.15, -0.1) is 0 Å². The molecule has 0 atom stereocenters. The molecule has 9 nitrogen and oxygen atoms in total. The number of benzene rings is 2. The maximum atomic E-state index is 12.6. The zero-order chi connectivity index (χ0) is 26.2. The molecule has 3 N–H and O–H groups in total. The number of amides is 1. The standard InChI is InChI=1S/C30H20N8O/c39-30(18-5-2-1-3-6-18)34-22-13-21(16-32-17-22)19-8-9-25-24(14-19)27(38-37-25)29-35-26-23(10-12-33-28(26)36-29)20-7-4-11-31-15-20/h1-17H,(H,34,39)(H,37,38)(H,33,35,36). The third-order valence-corrected chi connectivity index (χ3v) is 6.51. The Morgan fingerprint density at radius 3 is 2.56 bits per heavy atom. The third kappa shape index (κ3) is 4.17. The molecule has 7 rings (SSSR count). The number of imidazole rings is 1. The first-order valence-electron chi connectivity index (χ1n) is 12.3. The topological polar surface area (TPSA) is 125 Å². The Labute approximate surface area is 222 Å². The second-order valence-electron chi connectivity index (χ2n) is 9.00. The van der Waals surface area contributed by atoms with Crippen molar-refractivity contribution in [3.63, 3.8) is 0 Å². The van der Waals surface area contributed by atoms with E-state index in [4.69, 9.17) is 4.98 Å². The van der Waals surface area contributed by atoms with E-state index < -0.39 is 0 Å². The van der Waals surface area contributed by atoms with Crippen LogP contribution in [0.4, 0.5) is 5.69 Å². The molecule has 0 aliphatic carbocycles. The van der Waals surface area contributed by atoms with Crippen LogP contribution >= 0.6 is 0 Å². The molecule has 0 bridgehead atoms. The molecule has 0 aliphatic rings. The number of H-pyrrole nitrogens is 2. The minimum absolute atomic E-state index is 0.189. The minimum atomic E-state index is -0.189. The van der Waals surface area contributed by atoms with Crippen molar-refractivity contribution in [3.05, 3.63) is 109 Å². The van der Waals surface area contributed by atoms with Gasteiger partial charge in [0.15, 0.2) is 11.5 Å². The maximum absolute atomic E-state index is 12.6. The Hall–Kier alpha value is -5.70. The molecule has 1 amide bonds. The minimum Gasteiger partial charge on any atom is -0.321 e. The molecule has 0 fully saturated rings. The van der Waals surface area contributed by atoms with Crippen LogP contribution in [-0.2, 0) is 0 Å². The average molecular weight is 509 g/mol. The van der Waals surface area contributed by atoms with Crippen LogP contribution < -0.4 is 5.32 Å². The number of nitrogens with zero attached hydrogens (tertiary/aromatic N) is 5. The predicted octanol–water partition coefficient (Wildman–Crippen LogP) is 5.88. The van der Waals surface area contributed by atoms with Crippen LogP contribution in [0.15, 0.2) is 104 Å². The Balaban J connectivity index is 1.25. The molecule has 5 aromatic heterocycles. The van der Waals surface area contributed by atoms with E-state index in [1.807, 2.05) is 66.9 Å². The van der Waals surface area contributed by atoms with Gasteiger partial charge >= 0.3 is 0 Å². The summed E-state index contributed by atoms with van der Waals surface area (Å²) < 4.78 is 0. The van der Waals surface area contributed by atoms with Gasteiger partial charge in [0.1, 0.15) is 11.2 Å². The maximum Gasteiger partial charge on any atom is 0.255 e. The van der Waals surface area contributed by atoms with Crippen molar-refractivity contribution in [2.24, 2.45) is 0 Å². The molecular weight excluding hydrogens is 488 g/mol. The van der Waals surface area contributed by atoms with Gasteiger partial charge in [0.2, 0.25) is 0 Å². The molecule has 0 aliphatic heterocycles. The van der Waals surface area contributed by atoms with Crippen molar-refractivity contribution in [2.45, 2.75) is 0 Å². The molecule has 5 heterocycles. The number of aromatic amines is 2. The summed E-state index contributed by atoms with van der Waals surface area (Å²) in [4.78, 5) is 33.9.